The zero-order chi connectivity index (χ0) is 10.8. The lowest BCUT2D eigenvalue weighted by Crippen LogP contribution is -2.19. The van der Waals surface area contributed by atoms with E-state index in [1.807, 2.05) is 6.20 Å². The molecule has 0 radical (unpaired) electrons. The molecule has 2 rings (SSSR count). The smallest absolute Gasteiger partial charge is 0.193 e. The SMILES string of the molecule is CC(N)CC(C)Cc1cn2ccsc2n1. The third-order valence-corrected chi connectivity index (χ3v) is 3.25. The minimum absolute atomic E-state index is 0.281. The highest BCUT2D eigenvalue weighted by Gasteiger charge is 2.09. The molecular weight excluding hydrogens is 206 g/mol. The number of hydrogen-bond acceptors (Lipinski definition) is 3. The van der Waals surface area contributed by atoms with Crippen molar-refractivity contribution in [2.24, 2.45) is 11.7 Å². The molecule has 4 heteroatoms. The van der Waals surface area contributed by atoms with Gasteiger partial charge in [0.2, 0.25) is 0 Å². The molecule has 0 aromatic carbocycles. The number of imidazole rings is 1. The fourth-order valence-electron chi connectivity index (χ4n) is 1.95. The minimum Gasteiger partial charge on any atom is -0.328 e. The minimum atomic E-state index is 0.281. The molecular formula is C11H17N3S. The second kappa shape index (κ2) is 4.33. The van der Waals surface area contributed by atoms with Crippen molar-refractivity contribution in [2.75, 3.05) is 0 Å². The van der Waals surface area contributed by atoms with Crippen molar-refractivity contribution in [1.82, 2.24) is 9.38 Å². The number of aromatic nitrogens is 2. The molecule has 2 atom stereocenters. The fraction of sp³-hybridized carbons (Fsp3) is 0.545. The zero-order valence-electron chi connectivity index (χ0n) is 9.18. The Labute approximate surface area is 93.9 Å². The number of nitrogens with two attached hydrogens (primary N) is 1. The first-order valence-electron chi connectivity index (χ1n) is 5.32. The highest BCUT2D eigenvalue weighted by molar-refractivity contribution is 7.15. The number of thiazole rings is 1. The molecule has 2 unspecified atom stereocenters. The van der Waals surface area contributed by atoms with Crippen LogP contribution in [0, 0.1) is 5.92 Å². The monoisotopic (exact) mass is 223 g/mol. The number of hydrogen-bond donors (Lipinski definition) is 1. The van der Waals surface area contributed by atoms with Crippen molar-refractivity contribution in [1.29, 1.82) is 0 Å². The van der Waals surface area contributed by atoms with Crippen LogP contribution in [0.15, 0.2) is 17.8 Å². The van der Waals surface area contributed by atoms with Gasteiger partial charge < -0.3 is 5.73 Å². The summed E-state index contributed by atoms with van der Waals surface area (Å²) in [6.45, 7) is 4.29. The van der Waals surface area contributed by atoms with Crippen LogP contribution in [0.3, 0.4) is 0 Å². The van der Waals surface area contributed by atoms with Gasteiger partial charge in [0.1, 0.15) is 0 Å². The third kappa shape index (κ3) is 2.58. The molecule has 2 aromatic heterocycles. The Balaban J connectivity index is 2.02. The Morgan fingerprint density at radius 3 is 3.00 bits per heavy atom. The van der Waals surface area contributed by atoms with Gasteiger partial charge in [-0.25, -0.2) is 4.98 Å². The third-order valence-electron chi connectivity index (χ3n) is 2.47. The topological polar surface area (TPSA) is 43.3 Å². The van der Waals surface area contributed by atoms with E-state index in [9.17, 15) is 0 Å². The molecule has 0 fully saturated rings. The van der Waals surface area contributed by atoms with E-state index in [0.717, 1.165) is 17.8 Å². The second-order valence-corrected chi connectivity index (χ2v) is 5.22. The summed E-state index contributed by atoms with van der Waals surface area (Å²) >= 11 is 1.68. The summed E-state index contributed by atoms with van der Waals surface area (Å²) in [5, 5.41) is 2.05. The van der Waals surface area contributed by atoms with Gasteiger partial charge in [0, 0.05) is 23.8 Å². The Kier molecular flexibility index (Phi) is 3.07. The summed E-state index contributed by atoms with van der Waals surface area (Å²) in [6, 6.07) is 0.281. The van der Waals surface area contributed by atoms with Gasteiger partial charge in [-0.15, -0.1) is 11.3 Å². The van der Waals surface area contributed by atoms with Crippen LogP contribution in [0.25, 0.3) is 4.96 Å². The standard InChI is InChI=1S/C11H17N3S/c1-8(5-9(2)12)6-10-7-14-3-4-15-11(14)13-10/h3-4,7-9H,5-6,12H2,1-2H3. The quantitative estimate of drug-likeness (QED) is 0.864. The molecule has 0 bridgehead atoms. The van der Waals surface area contributed by atoms with Crippen molar-refractivity contribution in [3.63, 3.8) is 0 Å². The lowest BCUT2D eigenvalue weighted by atomic mass is 9.98. The number of nitrogens with zero attached hydrogens (tertiary/aromatic N) is 2. The van der Waals surface area contributed by atoms with E-state index < -0.39 is 0 Å². The van der Waals surface area contributed by atoms with Gasteiger partial charge in [-0.1, -0.05) is 6.92 Å². The Bertz CT molecular complexity index is 401. The maximum atomic E-state index is 5.78. The molecule has 0 spiro atoms. The normalized spacial score (nSPS) is 15.7. The van der Waals surface area contributed by atoms with Crippen LogP contribution in [-0.2, 0) is 6.42 Å². The molecule has 82 valence electrons. The largest absolute Gasteiger partial charge is 0.328 e. The van der Waals surface area contributed by atoms with Gasteiger partial charge in [0.05, 0.1) is 5.69 Å². The molecule has 0 aliphatic carbocycles. The van der Waals surface area contributed by atoms with Crippen molar-refractivity contribution in [3.8, 4) is 0 Å². The average Bonchev–Trinajstić information content (AvgIpc) is 2.60. The molecule has 0 aliphatic heterocycles. The molecule has 3 nitrogen and oxygen atoms in total. The first-order valence-corrected chi connectivity index (χ1v) is 6.20. The molecule has 0 saturated heterocycles. The van der Waals surface area contributed by atoms with Crippen LogP contribution >= 0.6 is 11.3 Å². The van der Waals surface area contributed by atoms with Gasteiger partial charge in [0.25, 0.3) is 0 Å². The van der Waals surface area contributed by atoms with E-state index >= 15 is 0 Å². The van der Waals surface area contributed by atoms with Gasteiger partial charge in [-0.05, 0) is 25.7 Å². The van der Waals surface area contributed by atoms with Crippen molar-refractivity contribution in [3.05, 3.63) is 23.5 Å². The maximum Gasteiger partial charge on any atom is 0.193 e. The lowest BCUT2D eigenvalue weighted by molar-refractivity contribution is 0.476. The van der Waals surface area contributed by atoms with Crippen LogP contribution in [0.4, 0.5) is 0 Å². The van der Waals surface area contributed by atoms with E-state index in [-0.39, 0.29) is 6.04 Å². The van der Waals surface area contributed by atoms with Crippen LogP contribution in [0.1, 0.15) is 26.0 Å². The first kappa shape index (κ1) is 10.6. The summed E-state index contributed by atoms with van der Waals surface area (Å²) in [7, 11) is 0. The summed E-state index contributed by atoms with van der Waals surface area (Å²) in [4.78, 5) is 5.64. The predicted octanol–water partition coefficient (Wildman–Crippen LogP) is 2.31. The van der Waals surface area contributed by atoms with E-state index in [1.54, 1.807) is 11.3 Å². The number of fused-ring (bicyclic) bond motifs is 1. The maximum absolute atomic E-state index is 5.78. The summed E-state index contributed by atoms with van der Waals surface area (Å²) in [5.74, 6) is 0.606. The van der Waals surface area contributed by atoms with Crippen LogP contribution in [0.5, 0.6) is 0 Å². The van der Waals surface area contributed by atoms with Crippen LogP contribution < -0.4 is 5.73 Å². The Morgan fingerprint density at radius 1 is 1.53 bits per heavy atom. The molecule has 15 heavy (non-hydrogen) atoms. The molecule has 2 N–H and O–H groups in total. The Morgan fingerprint density at radius 2 is 2.33 bits per heavy atom. The molecule has 0 amide bonds. The second-order valence-electron chi connectivity index (χ2n) is 4.35. The van der Waals surface area contributed by atoms with Crippen LogP contribution in [-0.4, -0.2) is 15.4 Å². The van der Waals surface area contributed by atoms with E-state index in [2.05, 4.69) is 34.8 Å². The summed E-state index contributed by atoms with van der Waals surface area (Å²) in [5.41, 5.74) is 6.95. The molecule has 0 saturated carbocycles. The van der Waals surface area contributed by atoms with E-state index in [0.29, 0.717) is 5.92 Å². The molecule has 2 aromatic rings. The van der Waals surface area contributed by atoms with Crippen molar-refractivity contribution >= 4 is 16.3 Å². The predicted molar refractivity (Wildman–Crippen MR) is 64.2 cm³/mol. The highest BCUT2D eigenvalue weighted by atomic mass is 32.1. The van der Waals surface area contributed by atoms with Crippen LogP contribution in [0.2, 0.25) is 0 Å². The Hall–Kier alpha value is -0.870. The van der Waals surface area contributed by atoms with Crippen molar-refractivity contribution in [2.45, 2.75) is 32.7 Å². The van der Waals surface area contributed by atoms with Gasteiger partial charge in [0.15, 0.2) is 4.96 Å². The molecule has 0 aliphatic rings. The summed E-state index contributed by atoms with van der Waals surface area (Å²) in [6.07, 6.45) is 6.25. The van der Waals surface area contributed by atoms with Crippen molar-refractivity contribution < 1.29 is 0 Å². The number of rotatable bonds is 4. The van der Waals surface area contributed by atoms with Gasteiger partial charge >= 0.3 is 0 Å². The average molecular weight is 223 g/mol. The zero-order valence-corrected chi connectivity index (χ0v) is 10.00. The first-order chi connectivity index (χ1) is 7.15. The fourth-order valence-corrected chi connectivity index (χ4v) is 2.67. The molecule has 2 heterocycles. The van der Waals surface area contributed by atoms with Gasteiger partial charge in [-0.3, -0.25) is 4.40 Å². The highest BCUT2D eigenvalue weighted by Crippen LogP contribution is 2.16. The van der Waals surface area contributed by atoms with E-state index in [1.165, 1.54) is 5.69 Å². The summed E-state index contributed by atoms with van der Waals surface area (Å²) < 4.78 is 2.08. The lowest BCUT2D eigenvalue weighted by Gasteiger charge is -2.11. The van der Waals surface area contributed by atoms with Gasteiger partial charge in [-0.2, -0.15) is 0 Å². The van der Waals surface area contributed by atoms with E-state index in [4.69, 9.17) is 5.73 Å².